The molecular weight excluding hydrogens is 247 g/mol. The first-order chi connectivity index (χ1) is 8.97. The van der Waals surface area contributed by atoms with Gasteiger partial charge in [-0.05, 0) is 44.3 Å². The van der Waals surface area contributed by atoms with E-state index < -0.39 is 5.97 Å². The van der Waals surface area contributed by atoms with E-state index in [4.69, 9.17) is 5.11 Å². The molecule has 0 radical (unpaired) electrons. The number of carbonyl (C=O) groups is 1. The van der Waals surface area contributed by atoms with Crippen molar-refractivity contribution >= 4 is 5.97 Å². The minimum atomic E-state index is -1.00. The number of halogens is 1. The highest BCUT2D eigenvalue weighted by molar-refractivity contribution is 5.89. The van der Waals surface area contributed by atoms with Crippen LogP contribution in [0.25, 0.3) is 0 Å². The van der Waals surface area contributed by atoms with Gasteiger partial charge in [0.25, 0.3) is 0 Å². The molecule has 1 fully saturated rings. The molecule has 1 aliphatic rings. The molecule has 0 bridgehead atoms. The smallest absolute Gasteiger partial charge is 0.336 e. The minimum Gasteiger partial charge on any atom is -0.478 e. The highest BCUT2D eigenvalue weighted by Crippen LogP contribution is 2.19. The van der Waals surface area contributed by atoms with Crippen molar-refractivity contribution in [2.45, 2.75) is 19.0 Å². The first kappa shape index (κ1) is 14.0. The molecule has 0 aliphatic carbocycles. The van der Waals surface area contributed by atoms with E-state index in [1.54, 1.807) is 0 Å². The van der Waals surface area contributed by atoms with Crippen molar-refractivity contribution in [1.82, 2.24) is 9.80 Å². The van der Waals surface area contributed by atoms with Crippen LogP contribution in [0.3, 0.4) is 0 Å². The van der Waals surface area contributed by atoms with Crippen LogP contribution in [0.4, 0.5) is 4.39 Å². The van der Waals surface area contributed by atoms with Crippen LogP contribution >= 0.6 is 0 Å². The number of rotatable bonds is 4. The summed E-state index contributed by atoms with van der Waals surface area (Å²) in [6.45, 7) is 2.30. The number of carboxylic acid groups (broad SMARTS) is 1. The SMILES string of the molecule is CN(C)C1CCN(Cc2cc(F)ccc2C(=O)O)C1. The van der Waals surface area contributed by atoms with E-state index in [-0.39, 0.29) is 11.4 Å². The molecule has 19 heavy (non-hydrogen) atoms. The van der Waals surface area contributed by atoms with Crippen molar-refractivity contribution in [2.24, 2.45) is 0 Å². The van der Waals surface area contributed by atoms with Gasteiger partial charge >= 0.3 is 5.97 Å². The Morgan fingerprint density at radius 2 is 2.26 bits per heavy atom. The Bertz CT molecular complexity index is 477. The van der Waals surface area contributed by atoms with Gasteiger partial charge in [0, 0.05) is 25.7 Å². The summed E-state index contributed by atoms with van der Waals surface area (Å²) >= 11 is 0. The molecule has 1 aromatic rings. The molecule has 0 aromatic heterocycles. The van der Waals surface area contributed by atoms with Crippen LogP contribution in [-0.2, 0) is 6.54 Å². The van der Waals surface area contributed by atoms with E-state index in [0.29, 0.717) is 18.2 Å². The maximum Gasteiger partial charge on any atom is 0.336 e. The van der Waals surface area contributed by atoms with Crippen molar-refractivity contribution in [3.8, 4) is 0 Å². The lowest BCUT2D eigenvalue weighted by Crippen LogP contribution is -2.31. The first-order valence-electron chi connectivity index (χ1n) is 6.38. The fraction of sp³-hybridized carbons (Fsp3) is 0.500. The van der Waals surface area contributed by atoms with Gasteiger partial charge in [-0.15, -0.1) is 0 Å². The summed E-state index contributed by atoms with van der Waals surface area (Å²) < 4.78 is 13.3. The molecule has 1 aromatic carbocycles. The molecule has 1 aliphatic heterocycles. The zero-order valence-corrected chi connectivity index (χ0v) is 11.3. The van der Waals surface area contributed by atoms with Crippen LogP contribution in [0.1, 0.15) is 22.3 Å². The second-order valence-electron chi connectivity index (χ2n) is 5.25. The second kappa shape index (κ2) is 5.67. The highest BCUT2D eigenvalue weighted by Gasteiger charge is 2.25. The summed E-state index contributed by atoms with van der Waals surface area (Å²) in [7, 11) is 4.08. The zero-order chi connectivity index (χ0) is 14.0. The number of aromatic carboxylic acids is 1. The number of likely N-dealkylation sites (tertiary alicyclic amines) is 1. The van der Waals surface area contributed by atoms with Crippen molar-refractivity contribution in [2.75, 3.05) is 27.2 Å². The standard InChI is InChI=1S/C14H19FN2O2/c1-16(2)12-5-6-17(9-12)8-10-7-11(15)3-4-13(10)14(18)19/h3-4,7,12H,5-6,8-9H2,1-2H3,(H,18,19). The van der Waals surface area contributed by atoms with E-state index in [1.807, 2.05) is 14.1 Å². The Morgan fingerprint density at radius 1 is 1.53 bits per heavy atom. The molecule has 1 atom stereocenters. The van der Waals surface area contributed by atoms with Crippen LogP contribution in [0, 0.1) is 5.82 Å². The summed E-state index contributed by atoms with van der Waals surface area (Å²) in [6, 6.07) is 4.35. The normalized spacial score (nSPS) is 20.1. The molecule has 4 nitrogen and oxygen atoms in total. The number of likely N-dealkylation sites (N-methyl/N-ethyl adjacent to an activating group) is 1. The first-order valence-corrected chi connectivity index (χ1v) is 6.38. The van der Waals surface area contributed by atoms with Crippen LogP contribution in [0.5, 0.6) is 0 Å². The van der Waals surface area contributed by atoms with Gasteiger partial charge in [0.1, 0.15) is 5.82 Å². The van der Waals surface area contributed by atoms with Crippen LogP contribution in [0.15, 0.2) is 18.2 Å². The average Bonchev–Trinajstić information content (AvgIpc) is 2.77. The number of nitrogens with zero attached hydrogens (tertiary/aromatic N) is 2. The van der Waals surface area contributed by atoms with Crippen molar-refractivity contribution < 1.29 is 14.3 Å². The highest BCUT2D eigenvalue weighted by atomic mass is 19.1. The van der Waals surface area contributed by atoms with E-state index in [1.165, 1.54) is 18.2 Å². The number of hydrogen-bond donors (Lipinski definition) is 1. The second-order valence-corrected chi connectivity index (χ2v) is 5.25. The molecule has 104 valence electrons. The third-order valence-electron chi connectivity index (χ3n) is 3.67. The van der Waals surface area contributed by atoms with E-state index >= 15 is 0 Å². The summed E-state index contributed by atoms with van der Waals surface area (Å²) in [5, 5.41) is 9.12. The molecular formula is C14H19FN2O2. The lowest BCUT2D eigenvalue weighted by Gasteiger charge is -2.20. The average molecular weight is 266 g/mol. The Hall–Kier alpha value is -1.46. The van der Waals surface area contributed by atoms with Crippen LogP contribution in [-0.4, -0.2) is 54.1 Å². The fourth-order valence-corrected chi connectivity index (χ4v) is 2.52. The molecule has 0 saturated carbocycles. The van der Waals surface area contributed by atoms with Gasteiger partial charge in [-0.2, -0.15) is 0 Å². The Morgan fingerprint density at radius 3 is 2.84 bits per heavy atom. The topological polar surface area (TPSA) is 43.8 Å². The molecule has 0 amide bonds. The monoisotopic (exact) mass is 266 g/mol. The van der Waals surface area contributed by atoms with Gasteiger partial charge in [-0.3, -0.25) is 4.90 Å². The molecule has 1 unspecified atom stereocenters. The van der Waals surface area contributed by atoms with Crippen molar-refractivity contribution in [3.05, 3.63) is 35.1 Å². The Labute approximate surface area is 112 Å². The summed E-state index contributed by atoms with van der Waals surface area (Å²) in [6.07, 6.45) is 1.06. The van der Waals surface area contributed by atoms with Gasteiger partial charge in [-0.1, -0.05) is 0 Å². The van der Waals surface area contributed by atoms with E-state index in [9.17, 15) is 9.18 Å². The lowest BCUT2D eigenvalue weighted by atomic mass is 10.1. The third kappa shape index (κ3) is 3.30. The van der Waals surface area contributed by atoms with Crippen LogP contribution in [0.2, 0.25) is 0 Å². The van der Waals surface area contributed by atoms with Gasteiger partial charge in [-0.25, -0.2) is 9.18 Å². The molecule has 5 heteroatoms. The molecule has 1 heterocycles. The lowest BCUT2D eigenvalue weighted by molar-refractivity contribution is 0.0694. The number of carboxylic acids is 1. The van der Waals surface area contributed by atoms with Gasteiger partial charge < -0.3 is 10.0 Å². The van der Waals surface area contributed by atoms with E-state index in [2.05, 4.69) is 9.80 Å². The van der Waals surface area contributed by atoms with Gasteiger partial charge in [0.2, 0.25) is 0 Å². The van der Waals surface area contributed by atoms with Gasteiger partial charge in [0.05, 0.1) is 5.56 Å². The molecule has 1 saturated heterocycles. The van der Waals surface area contributed by atoms with Crippen molar-refractivity contribution in [1.29, 1.82) is 0 Å². The zero-order valence-electron chi connectivity index (χ0n) is 11.3. The Kier molecular flexibility index (Phi) is 4.17. The van der Waals surface area contributed by atoms with Gasteiger partial charge in [0.15, 0.2) is 0 Å². The molecule has 0 spiro atoms. The number of hydrogen-bond acceptors (Lipinski definition) is 3. The minimum absolute atomic E-state index is 0.190. The Balaban J connectivity index is 2.11. The number of benzene rings is 1. The predicted octanol–water partition coefficient (Wildman–Crippen LogP) is 1.66. The van der Waals surface area contributed by atoms with Crippen molar-refractivity contribution in [3.63, 3.8) is 0 Å². The summed E-state index contributed by atoms with van der Waals surface area (Å²) in [4.78, 5) is 15.5. The largest absolute Gasteiger partial charge is 0.478 e. The van der Waals surface area contributed by atoms with Crippen LogP contribution < -0.4 is 0 Å². The maximum absolute atomic E-state index is 13.3. The summed E-state index contributed by atoms with van der Waals surface area (Å²) in [5.74, 6) is -1.39. The summed E-state index contributed by atoms with van der Waals surface area (Å²) in [5.41, 5.74) is 0.738. The van der Waals surface area contributed by atoms with E-state index in [0.717, 1.165) is 19.5 Å². The quantitative estimate of drug-likeness (QED) is 0.900. The molecule has 1 N–H and O–H groups in total. The predicted molar refractivity (Wildman–Crippen MR) is 70.7 cm³/mol. The maximum atomic E-state index is 13.3. The fourth-order valence-electron chi connectivity index (χ4n) is 2.52. The molecule has 2 rings (SSSR count). The third-order valence-corrected chi connectivity index (χ3v) is 3.67.